The van der Waals surface area contributed by atoms with E-state index in [0.29, 0.717) is 6.29 Å². The molecule has 1 aromatic rings. The lowest BCUT2D eigenvalue weighted by Crippen LogP contribution is -2.23. The molecule has 0 saturated heterocycles. The summed E-state index contributed by atoms with van der Waals surface area (Å²) in [7, 11) is 0. The fourth-order valence-corrected chi connectivity index (χ4v) is 0.945. The van der Waals surface area contributed by atoms with Crippen LogP contribution in [0.4, 0.5) is 17.6 Å². The molecule has 14 heavy (non-hydrogen) atoms. The Kier molecular flexibility index (Phi) is 2.88. The highest BCUT2D eigenvalue weighted by Gasteiger charge is 2.42. The topological polar surface area (TPSA) is 17.1 Å². The van der Waals surface area contributed by atoms with E-state index in [4.69, 9.17) is 0 Å². The first-order valence-electron chi connectivity index (χ1n) is 3.70. The van der Waals surface area contributed by atoms with Crippen molar-refractivity contribution in [3.05, 3.63) is 35.4 Å². The summed E-state index contributed by atoms with van der Waals surface area (Å²) in [4.78, 5) is 10.2. The summed E-state index contributed by atoms with van der Waals surface area (Å²) < 4.78 is 49.2. The summed E-state index contributed by atoms with van der Waals surface area (Å²) in [6.07, 6.45) is -3.45. The van der Waals surface area contributed by atoms with E-state index in [1.807, 2.05) is 0 Å². The summed E-state index contributed by atoms with van der Waals surface area (Å²) in [5.41, 5.74) is -0.903. The lowest BCUT2D eigenvalue weighted by Gasteiger charge is -2.15. The van der Waals surface area contributed by atoms with Gasteiger partial charge in [0.05, 0.1) is 0 Å². The molecule has 0 heterocycles. The number of hydrogen-bond donors (Lipinski definition) is 0. The molecule has 0 bridgehead atoms. The van der Waals surface area contributed by atoms with Gasteiger partial charge in [-0.05, 0) is 6.07 Å². The lowest BCUT2D eigenvalue weighted by molar-refractivity contribution is -0.135. The van der Waals surface area contributed by atoms with Gasteiger partial charge in [0, 0.05) is 11.1 Å². The first-order valence-corrected chi connectivity index (χ1v) is 3.70. The molecule has 0 N–H and O–H groups in total. The van der Waals surface area contributed by atoms with Gasteiger partial charge in [0.2, 0.25) is 0 Å². The van der Waals surface area contributed by atoms with Gasteiger partial charge in [-0.1, -0.05) is 18.2 Å². The minimum Gasteiger partial charge on any atom is -0.298 e. The van der Waals surface area contributed by atoms with Crippen molar-refractivity contribution in [2.24, 2.45) is 0 Å². The van der Waals surface area contributed by atoms with Gasteiger partial charge in [0.25, 0.3) is 0 Å². The number of benzene rings is 1. The first kappa shape index (κ1) is 10.7. The van der Waals surface area contributed by atoms with Crippen molar-refractivity contribution < 1.29 is 22.4 Å². The maximum absolute atomic E-state index is 12.7. The molecule has 76 valence electrons. The number of carbonyl (C=O) groups is 1. The molecule has 0 spiro atoms. The van der Waals surface area contributed by atoms with Crippen molar-refractivity contribution in [1.82, 2.24) is 0 Å². The molecule has 5 heteroatoms. The predicted octanol–water partition coefficient (Wildman–Crippen LogP) is 2.86. The van der Waals surface area contributed by atoms with Gasteiger partial charge in [-0.15, -0.1) is 0 Å². The van der Waals surface area contributed by atoms with Crippen LogP contribution in [-0.2, 0) is 5.92 Å². The van der Waals surface area contributed by atoms with E-state index in [1.54, 1.807) is 0 Å². The molecule has 0 unspecified atom stereocenters. The molecule has 1 nitrogen and oxygen atoms in total. The smallest absolute Gasteiger partial charge is 0.298 e. The van der Waals surface area contributed by atoms with Crippen LogP contribution in [0.1, 0.15) is 15.9 Å². The van der Waals surface area contributed by atoms with Gasteiger partial charge in [0.15, 0.2) is 0 Å². The summed E-state index contributed by atoms with van der Waals surface area (Å²) >= 11 is 0. The summed E-state index contributed by atoms with van der Waals surface area (Å²) in [6, 6.07) is 4.01. The van der Waals surface area contributed by atoms with Crippen LogP contribution < -0.4 is 0 Å². The Balaban J connectivity index is 3.12. The molecule has 0 aliphatic heterocycles. The standard InChI is InChI=1S/C9H6F4O/c10-8(11)9(12,13)7-3-1-2-6(4-7)5-14/h1-5,8H. The third kappa shape index (κ3) is 1.92. The Morgan fingerprint density at radius 2 is 1.93 bits per heavy atom. The van der Waals surface area contributed by atoms with Gasteiger partial charge < -0.3 is 0 Å². The molecule has 0 atom stereocenters. The number of alkyl halides is 4. The molecule has 0 saturated carbocycles. The third-order valence-corrected chi connectivity index (χ3v) is 1.68. The fraction of sp³-hybridized carbons (Fsp3) is 0.222. The zero-order chi connectivity index (χ0) is 10.8. The normalized spacial score (nSPS) is 11.8. The van der Waals surface area contributed by atoms with Crippen LogP contribution in [-0.4, -0.2) is 12.7 Å². The maximum Gasteiger partial charge on any atom is 0.332 e. The molecular weight excluding hydrogens is 200 g/mol. The van der Waals surface area contributed by atoms with Crippen LogP contribution in [0.15, 0.2) is 24.3 Å². The first-order chi connectivity index (χ1) is 6.48. The van der Waals surface area contributed by atoms with Crippen LogP contribution >= 0.6 is 0 Å². The summed E-state index contributed by atoms with van der Waals surface area (Å²) in [5, 5.41) is 0. The monoisotopic (exact) mass is 206 g/mol. The Bertz CT molecular complexity index is 335. The fourth-order valence-electron chi connectivity index (χ4n) is 0.945. The predicted molar refractivity (Wildman–Crippen MR) is 41.7 cm³/mol. The molecule has 0 aromatic heterocycles. The van der Waals surface area contributed by atoms with E-state index in [0.717, 1.165) is 18.2 Å². The van der Waals surface area contributed by atoms with Crippen molar-refractivity contribution in [2.75, 3.05) is 0 Å². The van der Waals surface area contributed by atoms with Crippen LogP contribution in [0.2, 0.25) is 0 Å². The second-order valence-electron chi connectivity index (χ2n) is 2.67. The number of rotatable bonds is 3. The average Bonchev–Trinajstić information content (AvgIpc) is 2.17. The highest BCUT2D eigenvalue weighted by molar-refractivity contribution is 5.75. The number of carbonyl (C=O) groups excluding carboxylic acids is 1. The molecule has 0 radical (unpaired) electrons. The SMILES string of the molecule is O=Cc1cccc(C(F)(F)C(F)F)c1. The molecule has 1 aromatic carbocycles. The van der Waals surface area contributed by atoms with Crippen molar-refractivity contribution in [1.29, 1.82) is 0 Å². The second kappa shape index (κ2) is 3.77. The van der Waals surface area contributed by atoms with E-state index in [1.165, 1.54) is 6.07 Å². The highest BCUT2D eigenvalue weighted by Crippen LogP contribution is 2.34. The zero-order valence-electron chi connectivity index (χ0n) is 6.88. The Hall–Kier alpha value is -1.39. The van der Waals surface area contributed by atoms with Crippen LogP contribution in [0.25, 0.3) is 0 Å². The van der Waals surface area contributed by atoms with Gasteiger partial charge >= 0.3 is 12.3 Å². The molecular formula is C9H6F4O. The van der Waals surface area contributed by atoms with E-state index in [2.05, 4.69) is 0 Å². The van der Waals surface area contributed by atoms with E-state index >= 15 is 0 Å². The average molecular weight is 206 g/mol. The van der Waals surface area contributed by atoms with Crippen molar-refractivity contribution in [2.45, 2.75) is 12.3 Å². The summed E-state index contributed by atoms with van der Waals surface area (Å²) in [5.74, 6) is -4.21. The van der Waals surface area contributed by atoms with Gasteiger partial charge in [0.1, 0.15) is 6.29 Å². The maximum atomic E-state index is 12.7. The molecule has 0 amide bonds. The van der Waals surface area contributed by atoms with Crippen LogP contribution in [0.5, 0.6) is 0 Å². The summed E-state index contributed by atoms with van der Waals surface area (Å²) in [6.45, 7) is 0. The van der Waals surface area contributed by atoms with Crippen molar-refractivity contribution >= 4 is 6.29 Å². The van der Waals surface area contributed by atoms with Gasteiger partial charge in [-0.25, -0.2) is 8.78 Å². The molecule has 0 fully saturated rings. The van der Waals surface area contributed by atoms with Crippen molar-refractivity contribution in [3.63, 3.8) is 0 Å². The lowest BCUT2D eigenvalue weighted by atomic mass is 10.1. The Labute approximate surface area is 77.3 Å². The minimum atomic E-state index is -4.21. The third-order valence-electron chi connectivity index (χ3n) is 1.68. The quantitative estimate of drug-likeness (QED) is 0.549. The van der Waals surface area contributed by atoms with Gasteiger partial charge in [-0.3, -0.25) is 4.79 Å². The number of aldehydes is 1. The number of halogens is 4. The minimum absolute atomic E-state index is 0.0529. The van der Waals surface area contributed by atoms with Crippen LogP contribution in [0.3, 0.4) is 0 Å². The van der Waals surface area contributed by atoms with Crippen LogP contribution in [0, 0.1) is 0 Å². The molecule has 1 rings (SSSR count). The Morgan fingerprint density at radius 1 is 1.29 bits per heavy atom. The van der Waals surface area contributed by atoms with E-state index in [-0.39, 0.29) is 5.56 Å². The Morgan fingerprint density at radius 3 is 2.43 bits per heavy atom. The molecule has 0 aliphatic carbocycles. The number of hydrogen-bond acceptors (Lipinski definition) is 1. The van der Waals surface area contributed by atoms with Crippen molar-refractivity contribution in [3.8, 4) is 0 Å². The zero-order valence-corrected chi connectivity index (χ0v) is 6.88. The largest absolute Gasteiger partial charge is 0.332 e. The highest BCUT2D eigenvalue weighted by atomic mass is 19.3. The second-order valence-corrected chi connectivity index (χ2v) is 2.67. The van der Waals surface area contributed by atoms with Gasteiger partial charge in [-0.2, -0.15) is 8.78 Å². The molecule has 0 aliphatic rings. The van der Waals surface area contributed by atoms with E-state index in [9.17, 15) is 22.4 Å². The van der Waals surface area contributed by atoms with E-state index < -0.39 is 17.9 Å².